The van der Waals surface area contributed by atoms with Gasteiger partial charge in [0.15, 0.2) is 0 Å². The number of nitrogens with two attached hydrogens (primary N) is 1. The molecule has 1 atom stereocenters. The molecule has 0 aliphatic rings. The van der Waals surface area contributed by atoms with Crippen LogP contribution in [0, 0.1) is 6.92 Å². The van der Waals surface area contributed by atoms with Gasteiger partial charge in [0.1, 0.15) is 18.2 Å². The molecule has 0 saturated heterocycles. The lowest BCUT2D eigenvalue weighted by Crippen LogP contribution is -2.22. The van der Waals surface area contributed by atoms with Crippen molar-refractivity contribution in [1.82, 2.24) is 9.55 Å². The van der Waals surface area contributed by atoms with E-state index in [9.17, 15) is 0 Å². The van der Waals surface area contributed by atoms with Gasteiger partial charge in [0.25, 0.3) is 0 Å². The van der Waals surface area contributed by atoms with Crippen LogP contribution in [-0.4, -0.2) is 22.2 Å². The second kappa shape index (κ2) is 7.48. The molecule has 0 bridgehead atoms. The molecule has 114 valence electrons. The Labute approximate surface area is 130 Å². The minimum Gasteiger partial charge on any atom is -0.491 e. The van der Waals surface area contributed by atoms with Gasteiger partial charge in [-0.05, 0) is 31.9 Å². The molecule has 0 aliphatic carbocycles. The van der Waals surface area contributed by atoms with Crippen molar-refractivity contribution in [2.45, 2.75) is 39.3 Å². The van der Waals surface area contributed by atoms with Crippen LogP contribution in [0.25, 0.3) is 0 Å². The Morgan fingerprint density at radius 3 is 2.90 bits per heavy atom. The Balaban J connectivity index is 2.02. The third kappa shape index (κ3) is 4.22. The van der Waals surface area contributed by atoms with Gasteiger partial charge in [-0.1, -0.05) is 24.6 Å². The molecular formula is C16H22ClN3O. The van der Waals surface area contributed by atoms with E-state index in [4.69, 9.17) is 22.1 Å². The van der Waals surface area contributed by atoms with Crippen molar-refractivity contribution in [1.29, 1.82) is 0 Å². The van der Waals surface area contributed by atoms with Crippen molar-refractivity contribution in [2.24, 2.45) is 5.73 Å². The van der Waals surface area contributed by atoms with Gasteiger partial charge in [0, 0.05) is 29.0 Å². The lowest BCUT2D eigenvalue weighted by molar-refractivity contribution is 0.293. The van der Waals surface area contributed by atoms with Crippen LogP contribution < -0.4 is 10.5 Å². The number of ether oxygens (including phenoxy) is 1. The van der Waals surface area contributed by atoms with E-state index < -0.39 is 0 Å². The number of halogens is 1. The molecule has 5 heteroatoms. The topological polar surface area (TPSA) is 53.1 Å². The first-order valence-electron chi connectivity index (χ1n) is 7.25. The van der Waals surface area contributed by atoms with Crippen molar-refractivity contribution in [3.8, 4) is 5.75 Å². The fourth-order valence-electron chi connectivity index (χ4n) is 2.17. The van der Waals surface area contributed by atoms with Crippen molar-refractivity contribution >= 4 is 11.6 Å². The standard InChI is InChI=1S/C16H22ClN3O/c1-3-13(18)11-14-15(17)5-4-6-16(14)21-10-9-20-8-7-19-12(20)2/h4-8,13H,3,9-11,18H2,1-2H3. The van der Waals surface area contributed by atoms with Crippen LogP contribution in [0.15, 0.2) is 30.6 Å². The first kappa shape index (κ1) is 15.9. The van der Waals surface area contributed by atoms with E-state index in [0.29, 0.717) is 6.61 Å². The van der Waals surface area contributed by atoms with E-state index in [-0.39, 0.29) is 6.04 Å². The molecule has 1 aromatic carbocycles. The predicted molar refractivity (Wildman–Crippen MR) is 85.9 cm³/mol. The molecule has 4 nitrogen and oxygen atoms in total. The summed E-state index contributed by atoms with van der Waals surface area (Å²) in [6.45, 7) is 5.39. The van der Waals surface area contributed by atoms with Crippen LogP contribution >= 0.6 is 11.6 Å². The molecule has 1 unspecified atom stereocenters. The van der Waals surface area contributed by atoms with Crippen molar-refractivity contribution in [3.05, 3.63) is 47.0 Å². The molecule has 0 fully saturated rings. The first-order valence-corrected chi connectivity index (χ1v) is 7.63. The summed E-state index contributed by atoms with van der Waals surface area (Å²) in [5, 5.41) is 0.718. The minimum atomic E-state index is 0.100. The molecule has 0 amide bonds. The van der Waals surface area contributed by atoms with Crippen molar-refractivity contribution in [3.63, 3.8) is 0 Å². The largest absolute Gasteiger partial charge is 0.491 e. The molecule has 21 heavy (non-hydrogen) atoms. The number of hydrogen-bond donors (Lipinski definition) is 1. The highest BCUT2D eigenvalue weighted by Crippen LogP contribution is 2.28. The summed E-state index contributed by atoms with van der Waals surface area (Å²) in [5.41, 5.74) is 7.04. The maximum absolute atomic E-state index is 6.28. The lowest BCUT2D eigenvalue weighted by Gasteiger charge is -2.16. The van der Waals surface area contributed by atoms with Crippen LogP contribution in [0.3, 0.4) is 0 Å². The fourth-order valence-corrected chi connectivity index (χ4v) is 2.42. The highest BCUT2D eigenvalue weighted by Gasteiger charge is 2.12. The van der Waals surface area contributed by atoms with E-state index in [2.05, 4.69) is 16.5 Å². The molecule has 0 radical (unpaired) electrons. The smallest absolute Gasteiger partial charge is 0.124 e. The SMILES string of the molecule is CCC(N)Cc1c(Cl)cccc1OCCn1ccnc1C. The van der Waals surface area contributed by atoms with Gasteiger partial charge in [-0.15, -0.1) is 0 Å². The molecule has 2 aromatic rings. The molecule has 0 aliphatic heterocycles. The van der Waals surface area contributed by atoms with E-state index in [0.717, 1.165) is 41.5 Å². The quantitative estimate of drug-likeness (QED) is 0.854. The number of imidazole rings is 1. The number of nitrogens with zero attached hydrogens (tertiary/aromatic N) is 2. The zero-order valence-electron chi connectivity index (χ0n) is 12.6. The maximum atomic E-state index is 6.28. The first-order chi connectivity index (χ1) is 10.1. The summed E-state index contributed by atoms with van der Waals surface area (Å²) >= 11 is 6.28. The molecule has 2 N–H and O–H groups in total. The normalized spacial score (nSPS) is 12.4. The second-order valence-electron chi connectivity index (χ2n) is 5.11. The molecule has 0 saturated carbocycles. The summed E-state index contributed by atoms with van der Waals surface area (Å²) in [6, 6.07) is 5.83. The van der Waals surface area contributed by atoms with Gasteiger partial charge >= 0.3 is 0 Å². The highest BCUT2D eigenvalue weighted by molar-refractivity contribution is 6.31. The number of benzene rings is 1. The van der Waals surface area contributed by atoms with Crippen molar-refractivity contribution in [2.75, 3.05) is 6.61 Å². The Kier molecular flexibility index (Phi) is 5.65. The number of hydrogen-bond acceptors (Lipinski definition) is 3. The maximum Gasteiger partial charge on any atom is 0.124 e. The van der Waals surface area contributed by atoms with Crippen LogP contribution in [0.2, 0.25) is 5.02 Å². The fraction of sp³-hybridized carbons (Fsp3) is 0.438. The van der Waals surface area contributed by atoms with Gasteiger partial charge in [-0.3, -0.25) is 0 Å². The van der Waals surface area contributed by atoms with Gasteiger partial charge in [-0.25, -0.2) is 4.98 Å². The summed E-state index contributed by atoms with van der Waals surface area (Å²) < 4.78 is 7.96. The highest BCUT2D eigenvalue weighted by atomic mass is 35.5. The Morgan fingerprint density at radius 1 is 1.43 bits per heavy atom. The summed E-state index contributed by atoms with van der Waals surface area (Å²) in [7, 11) is 0. The molecule has 1 aromatic heterocycles. The summed E-state index contributed by atoms with van der Waals surface area (Å²) in [5.74, 6) is 1.81. The third-order valence-electron chi connectivity index (χ3n) is 3.58. The average molecular weight is 308 g/mol. The average Bonchev–Trinajstić information content (AvgIpc) is 2.87. The van der Waals surface area contributed by atoms with E-state index in [1.54, 1.807) is 6.20 Å². The number of rotatable bonds is 7. The van der Waals surface area contributed by atoms with Gasteiger partial charge in [0.05, 0.1) is 6.54 Å². The molecule has 0 spiro atoms. The number of aryl methyl sites for hydroxylation is 1. The molecule has 1 heterocycles. The van der Waals surface area contributed by atoms with Crippen LogP contribution in [0.1, 0.15) is 24.7 Å². The zero-order chi connectivity index (χ0) is 15.2. The minimum absolute atomic E-state index is 0.100. The van der Waals surface area contributed by atoms with Crippen LogP contribution in [-0.2, 0) is 13.0 Å². The van der Waals surface area contributed by atoms with Crippen molar-refractivity contribution < 1.29 is 4.74 Å². The zero-order valence-corrected chi connectivity index (χ0v) is 13.3. The van der Waals surface area contributed by atoms with Gasteiger partial charge in [-0.2, -0.15) is 0 Å². The predicted octanol–water partition coefficient (Wildman–Crippen LogP) is 3.20. The Hall–Kier alpha value is -1.52. The summed E-state index contributed by atoms with van der Waals surface area (Å²) in [4.78, 5) is 4.19. The number of aromatic nitrogens is 2. The Morgan fingerprint density at radius 2 is 2.24 bits per heavy atom. The Bertz CT molecular complexity index is 583. The molecule has 2 rings (SSSR count). The van der Waals surface area contributed by atoms with Gasteiger partial charge in [0.2, 0.25) is 0 Å². The monoisotopic (exact) mass is 307 g/mol. The lowest BCUT2D eigenvalue weighted by atomic mass is 10.0. The second-order valence-corrected chi connectivity index (χ2v) is 5.51. The van der Waals surface area contributed by atoms with E-state index in [1.807, 2.05) is 31.3 Å². The summed E-state index contributed by atoms with van der Waals surface area (Å²) in [6.07, 6.45) is 5.39. The van der Waals surface area contributed by atoms with E-state index in [1.165, 1.54) is 0 Å². The molecular weight excluding hydrogens is 286 g/mol. The van der Waals surface area contributed by atoms with Crippen LogP contribution in [0.4, 0.5) is 0 Å². The van der Waals surface area contributed by atoms with Gasteiger partial charge < -0.3 is 15.0 Å². The third-order valence-corrected chi connectivity index (χ3v) is 3.93. The van der Waals surface area contributed by atoms with Crippen LogP contribution in [0.5, 0.6) is 5.75 Å². The van der Waals surface area contributed by atoms with E-state index >= 15 is 0 Å².